The predicted molar refractivity (Wildman–Crippen MR) is 111 cm³/mol. The van der Waals surface area contributed by atoms with E-state index in [2.05, 4.69) is 31.1 Å². The van der Waals surface area contributed by atoms with Crippen LogP contribution in [0.25, 0.3) is 16.9 Å². The van der Waals surface area contributed by atoms with Crippen LogP contribution >= 0.6 is 0 Å². The number of hydrogen-bond acceptors (Lipinski definition) is 3. The summed E-state index contributed by atoms with van der Waals surface area (Å²) in [5, 5.41) is 7.56. The zero-order valence-electron chi connectivity index (χ0n) is 16.5. The van der Waals surface area contributed by atoms with Crippen LogP contribution in [0.2, 0.25) is 0 Å². The number of rotatable bonds is 3. The molecule has 0 unspecified atom stereocenters. The van der Waals surface area contributed by atoms with Gasteiger partial charge in [0.05, 0.1) is 17.0 Å². The van der Waals surface area contributed by atoms with Gasteiger partial charge in [-0.2, -0.15) is 5.10 Å². The van der Waals surface area contributed by atoms with Crippen LogP contribution in [0.5, 0.6) is 0 Å². The molecule has 146 valence electrons. The molecule has 1 N–H and O–H groups in total. The first-order chi connectivity index (χ1) is 13.8. The summed E-state index contributed by atoms with van der Waals surface area (Å²) in [5.41, 5.74) is 3.81. The molecule has 1 amide bonds. The van der Waals surface area contributed by atoms with Gasteiger partial charge in [0, 0.05) is 28.9 Å². The summed E-state index contributed by atoms with van der Waals surface area (Å²) in [4.78, 5) is 17.5. The number of halogens is 1. The van der Waals surface area contributed by atoms with Crippen molar-refractivity contribution in [3.8, 4) is 11.3 Å². The van der Waals surface area contributed by atoms with Crippen LogP contribution in [0.1, 0.15) is 36.8 Å². The number of nitrogens with one attached hydrogen (secondary N) is 1. The van der Waals surface area contributed by atoms with Crippen LogP contribution in [0, 0.1) is 5.82 Å². The van der Waals surface area contributed by atoms with Gasteiger partial charge in [0.2, 0.25) is 0 Å². The van der Waals surface area contributed by atoms with E-state index in [-0.39, 0.29) is 17.1 Å². The fourth-order valence-electron chi connectivity index (χ4n) is 3.07. The number of anilines is 1. The van der Waals surface area contributed by atoms with E-state index in [4.69, 9.17) is 5.10 Å². The molecular formula is C23H21FN4O. The minimum Gasteiger partial charge on any atom is -0.322 e. The lowest BCUT2D eigenvalue weighted by molar-refractivity contribution is 0.102. The van der Waals surface area contributed by atoms with E-state index in [9.17, 15) is 9.18 Å². The van der Waals surface area contributed by atoms with Crippen LogP contribution < -0.4 is 5.32 Å². The van der Waals surface area contributed by atoms with E-state index >= 15 is 0 Å². The van der Waals surface area contributed by atoms with Crippen molar-refractivity contribution in [3.05, 3.63) is 83.9 Å². The highest BCUT2D eigenvalue weighted by molar-refractivity contribution is 6.08. The molecule has 2 aromatic carbocycles. The van der Waals surface area contributed by atoms with Gasteiger partial charge in [-0.3, -0.25) is 4.79 Å². The Labute approximate surface area is 168 Å². The molecule has 4 rings (SSSR count). The Balaban J connectivity index is 1.86. The van der Waals surface area contributed by atoms with E-state index in [0.29, 0.717) is 22.6 Å². The second-order valence-corrected chi connectivity index (χ2v) is 7.90. The molecule has 0 fully saturated rings. The highest BCUT2D eigenvalue weighted by Crippen LogP contribution is 2.28. The number of nitrogens with zero attached hydrogens (tertiary/aromatic N) is 3. The number of carbonyl (C=O) groups is 1. The Kier molecular flexibility index (Phi) is 4.62. The van der Waals surface area contributed by atoms with E-state index in [1.54, 1.807) is 10.7 Å². The summed E-state index contributed by atoms with van der Waals surface area (Å²) in [5.74, 6) is -0.694. The van der Waals surface area contributed by atoms with Crippen molar-refractivity contribution < 1.29 is 9.18 Å². The second kappa shape index (κ2) is 7.13. The van der Waals surface area contributed by atoms with Crippen molar-refractivity contribution in [1.29, 1.82) is 0 Å². The van der Waals surface area contributed by atoms with Gasteiger partial charge in [-0.1, -0.05) is 51.1 Å². The van der Waals surface area contributed by atoms with Gasteiger partial charge in [-0.15, -0.1) is 0 Å². The van der Waals surface area contributed by atoms with Crippen LogP contribution in [0.4, 0.5) is 10.1 Å². The maximum Gasteiger partial charge on any atom is 0.259 e. The zero-order chi connectivity index (χ0) is 20.6. The molecule has 0 spiro atoms. The number of carbonyl (C=O) groups excluding carboxylic acids is 1. The standard InChI is InChI=1S/C23H21FN4O/c1-23(2,3)19-13-20-25-14-18(22(29)26-17-11-9-16(24)10-12-17)21(28(20)27-19)15-7-5-4-6-8-15/h4-14H,1-3H3,(H,26,29). The third-order valence-electron chi connectivity index (χ3n) is 4.65. The maximum atomic E-state index is 13.2. The highest BCUT2D eigenvalue weighted by Gasteiger charge is 2.23. The molecule has 0 bridgehead atoms. The number of benzene rings is 2. The van der Waals surface area contributed by atoms with Gasteiger partial charge in [0.25, 0.3) is 5.91 Å². The van der Waals surface area contributed by atoms with Gasteiger partial charge in [0.15, 0.2) is 5.65 Å². The lowest BCUT2D eigenvalue weighted by atomic mass is 9.93. The van der Waals surface area contributed by atoms with Crippen molar-refractivity contribution in [3.63, 3.8) is 0 Å². The highest BCUT2D eigenvalue weighted by atomic mass is 19.1. The van der Waals surface area contributed by atoms with Crippen molar-refractivity contribution >= 4 is 17.2 Å². The molecule has 2 aromatic heterocycles. The fraction of sp³-hybridized carbons (Fsp3) is 0.174. The van der Waals surface area contributed by atoms with Gasteiger partial charge < -0.3 is 5.32 Å². The van der Waals surface area contributed by atoms with Gasteiger partial charge >= 0.3 is 0 Å². The quantitative estimate of drug-likeness (QED) is 0.532. The van der Waals surface area contributed by atoms with E-state index in [1.165, 1.54) is 24.3 Å². The number of hydrogen-bond donors (Lipinski definition) is 1. The Morgan fingerprint density at radius 2 is 1.72 bits per heavy atom. The SMILES string of the molecule is CC(C)(C)c1cc2ncc(C(=O)Nc3ccc(F)cc3)c(-c3ccccc3)n2n1. The summed E-state index contributed by atoms with van der Waals surface area (Å²) in [6.45, 7) is 6.25. The molecule has 4 aromatic rings. The summed E-state index contributed by atoms with van der Waals surface area (Å²) in [6.07, 6.45) is 1.56. The molecule has 0 aliphatic rings. The lowest BCUT2D eigenvalue weighted by Crippen LogP contribution is -2.16. The largest absolute Gasteiger partial charge is 0.322 e. The number of aromatic nitrogens is 3. The Morgan fingerprint density at radius 1 is 1.03 bits per heavy atom. The summed E-state index contributed by atoms with van der Waals surface area (Å²) < 4.78 is 14.9. The molecule has 0 aliphatic carbocycles. The third-order valence-corrected chi connectivity index (χ3v) is 4.65. The zero-order valence-corrected chi connectivity index (χ0v) is 16.5. The molecule has 29 heavy (non-hydrogen) atoms. The minimum absolute atomic E-state index is 0.155. The molecule has 2 heterocycles. The molecule has 5 nitrogen and oxygen atoms in total. The van der Waals surface area contributed by atoms with Crippen molar-refractivity contribution in [1.82, 2.24) is 14.6 Å². The monoisotopic (exact) mass is 388 g/mol. The first kappa shape index (κ1) is 18.8. The topological polar surface area (TPSA) is 59.3 Å². The first-order valence-electron chi connectivity index (χ1n) is 9.34. The number of amides is 1. The number of fused-ring (bicyclic) bond motifs is 1. The average molecular weight is 388 g/mol. The Hall–Kier alpha value is -3.54. The van der Waals surface area contributed by atoms with Crippen molar-refractivity contribution in [2.75, 3.05) is 5.32 Å². The normalized spacial score (nSPS) is 11.6. The van der Waals surface area contributed by atoms with E-state index < -0.39 is 0 Å². The molecular weight excluding hydrogens is 367 g/mol. The Bertz CT molecular complexity index is 1180. The summed E-state index contributed by atoms with van der Waals surface area (Å²) >= 11 is 0. The minimum atomic E-state index is -0.359. The lowest BCUT2D eigenvalue weighted by Gasteiger charge is -2.14. The Morgan fingerprint density at radius 3 is 2.38 bits per heavy atom. The van der Waals surface area contributed by atoms with Gasteiger partial charge in [-0.25, -0.2) is 13.9 Å². The van der Waals surface area contributed by atoms with Crippen LogP contribution in [-0.4, -0.2) is 20.5 Å². The second-order valence-electron chi connectivity index (χ2n) is 7.90. The van der Waals surface area contributed by atoms with Gasteiger partial charge in [-0.05, 0) is 24.3 Å². The molecule has 6 heteroatoms. The molecule has 0 aliphatic heterocycles. The van der Waals surface area contributed by atoms with Crippen molar-refractivity contribution in [2.45, 2.75) is 26.2 Å². The predicted octanol–water partition coefficient (Wildman–Crippen LogP) is 5.09. The summed E-state index contributed by atoms with van der Waals surface area (Å²) in [7, 11) is 0. The third kappa shape index (κ3) is 3.74. The molecule has 0 atom stereocenters. The first-order valence-corrected chi connectivity index (χ1v) is 9.34. The maximum absolute atomic E-state index is 13.2. The smallest absolute Gasteiger partial charge is 0.259 e. The van der Waals surface area contributed by atoms with Gasteiger partial charge in [0.1, 0.15) is 5.82 Å². The van der Waals surface area contributed by atoms with E-state index in [1.807, 2.05) is 36.4 Å². The van der Waals surface area contributed by atoms with Crippen molar-refractivity contribution in [2.24, 2.45) is 0 Å². The van der Waals surface area contributed by atoms with Crippen LogP contribution in [0.15, 0.2) is 66.9 Å². The summed E-state index contributed by atoms with van der Waals surface area (Å²) in [6, 6.07) is 17.2. The molecule has 0 radical (unpaired) electrons. The van der Waals surface area contributed by atoms with E-state index in [0.717, 1.165) is 11.3 Å². The molecule has 0 saturated heterocycles. The fourth-order valence-corrected chi connectivity index (χ4v) is 3.07. The van der Waals surface area contributed by atoms with Crippen LogP contribution in [0.3, 0.4) is 0 Å². The molecule has 0 saturated carbocycles. The average Bonchev–Trinajstić information content (AvgIpc) is 3.14. The van der Waals surface area contributed by atoms with Crippen LogP contribution in [-0.2, 0) is 5.41 Å².